The van der Waals surface area contributed by atoms with Gasteiger partial charge < -0.3 is 19.7 Å². The van der Waals surface area contributed by atoms with Crippen molar-refractivity contribution in [3.63, 3.8) is 0 Å². The summed E-state index contributed by atoms with van der Waals surface area (Å²) in [7, 11) is 5.62. The predicted molar refractivity (Wildman–Crippen MR) is 63.3 cm³/mol. The van der Waals surface area contributed by atoms with Gasteiger partial charge in [0.15, 0.2) is 0 Å². The minimum Gasteiger partial charge on any atom is -0.385 e. The molecule has 1 N–H and O–H groups in total. The summed E-state index contributed by atoms with van der Waals surface area (Å²) in [6.07, 6.45) is 1.09. The molecule has 0 aromatic carbocycles. The van der Waals surface area contributed by atoms with E-state index < -0.39 is 0 Å². The van der Waals surface area contributed by atoms with Crippen LogP contribution in [0.2, 0.25) is 0 Å². The molecule has 0 aliphatic carbocycles. The Balaban J connectivity index is 3.38. The summed E-state index contributed by atoms with van der Waals surface area (Å²) in [5.41, 5.74) is 0. The molecule has 0 heterocycles. The van der Waals surface area contributed by atoms with E-state index in [-0.39, 0.29) is 0 Å². The Kier molecular flexibility index (Phi) is 10.3. The van der Waals surface area contributed by atoms with Crippen LogP contribution in [0.1, 0.15) is 13.3 Å². The first-order valence-corrected chi connectivity index (χ1v) is 5.61. The highest BCUT2D eigenvalue weighted by molar-refractivity contribution is 4.65. The monoisotopic (exact) mass is 218 g/mol. The summed E-state index contributed by atoms with van der Waals surface area (Å²) in [6, 6.07) is 0.554. The minimum absolute atomic E-state index is 0.554. The number of methoxy groups -OCH3 is 2. The molecule has 0 rings (SSSR count). The Morgan fingerprint density at radius 1 is 1.20 bits per heavy atom. The average Bonchev–Trinajstić information content (AvgIpc) is 2.24. The van der Waals surface area contributed by atoms with Gasteiger partial charge in [-0.1, -0.05) is 0 Å². The second-order valence-electron chi connectivity index (χ2n) is 3.87. The molecular formula is C11H26N2O2. The van der Waals surface area contributed by atoms with Crippen LogP contribution in [0.4, 0.5) is 0 Å². The summed E-state index contributed by atoms with van der Waals surface area (Å²) >= 11 is 0. The lowest BCUT2D eigenvalue weighted by Crippen LogP contribution is -2.39. The van der Waals surface area contributed by atoms with Gasteiger partial charge in [0, 0.05) is 46.5 Å². The molecular weight excluding hydrogens is 192 g/mol. The summed E-state index contributed by atoms with van der Waals surface area (Å²) in [6.45, 7) is 6.86. The number of ether oxygens (including phenoxy) is 2. The average molecular weight is 218 g/mol. The Labute approximate surface area is 93.9 Å². The van der Waals surface area contributed by atoms with Gasteiger partial charge in [-0.15, -0.1) is 0 Å². The van der Waals surface area contributed by atoms with Crippen LogP contribution in [-0.4, -0.2) is 65.1 Å². The lowest BCUT2D eigenvalue weighted by atomic mass is 10.2. The van der Waals surface area contributed by atoms with Crippen LogP contribution in [0.3, 0.4) is 0 Å². The van der Waals surface area contributed by atoms with E-state index >= 15 is 0 Å². The molecule has 4 heteroatoms. The quantitative estimate of drug-likeness (QED) is 0.544. The van der Waals surface area contributed by atoms with Crippen molar-refractivity contribution in [2.45, 2.75) is 19.4 Å². The Morgan fingerprint density at radius 3 is 2.47 bits per heavy atom. The van der Waals surface area contributed by atoms with Gasteiger partial charge in [0.1, 0.15) is 0 Å². The summed E-state index contributed by atoms with van der Waals surface area (Å²) in [4.78, 5) is 2.35. The normalized spacial score (nSPS) is 13.4. The zero-order valence-corrected chi connectivity index (χ0v) is 10.6. The largest absolute Gasteiger partial charge is 0.385 e. The zero-order valence-electron chi connectivity index (χ0n) is 10.6. The van der Waals surface area contributed by atoms with Crippen molar-refractivity contribution in [1.29, 1.82) is 0 Å². The fourth-order valence-electron chi connectivity index (χ4n) is 1.32. The van der Waals surface area contributed by atoms with Crippen LogP contribution in [0, 0.1) is 0 Å². The molecule has 0 radical (unpaired) electrons. The Hall–Kier alpha value is -0.160. The van der Waals surface area contributed by atoms with E-state index in [1.165, 1.54) is 0 Å². The lowest BCUT2D eigenvalue weighted by Gasteiger charge is -2.24. The van der Waals surface area contributed by atoms with E-state index in [0.29, 0.717) is 6.04 Å². The van der Waals surface area contributed by atoms with Gasteiger partial charge in [0.2, 0.25) is 0 Å². The third kappa shape index (κ3) is 8.81. The van der Waals surface area contributed by atoms with Gasteiger partial charge in [-0.3, -0.25) is 0 Å². The molecule has 0 spiro atoms. The minimum atomic E-state index is 0.554. The first kappa shape index (κ1) is 14.8. The molecule has 0 aliphatic rings. The topological polar surface area (TPSA) is 33.7 Å². The lowest BCUT2D eigenvalue weighted by molar-refractivity contribution is 0.164. The highest BCUT2D eigenvalue weighted by Crippen LogP contribution is 1.95. The molecule has 0 bridgehead atoms. The van der Waals surface area contributed by atoms with Crippen molar-refractivity contribution in [3.05, 3.63) is 0 Å². The number of rotatable bonds is 10. The molecule has 0 saturated heterocycles. The molecule has 0 aromatic rings. The van der Waals surface area contributed by atoms with Crippen LogP contribution in [0.15, 0.2) is 0 Å². The first-order chi connectivity index (χ1) is 7.22. The molecule has 0 amide bonds. The first-order valence-electron chi connectivity index (χ1n) is 5.61. The van der Waals surface area contributed by atoms with Crippen molar-refractivity contribution in [2.75, 3.05) is 54.1 Å². The molecule has 1 unspecified atom stereocenters. The summed E-state index contributed by atoms with van der Waals surface area (Å²) in [5.74, 6) is 0. The van der Waals surface area contributed by atoms with Crippen LogP contribution < -0.4 is 5.32 Å². The van der Waals surface area contributed by atoms with Crippen molar-refractivity contribution < 1.29 is 9.47 Å². The SMILES string of the molecule is COCCCN(C)C(C)CNCCOC. The van der Waals surface area contributed by atoms with E-state index in [0.717, 1.165) is 39.3 Å². The number of likely N-dealkylation sites (N-methyl/N-ethyl adjacent to an activating group) is 1. The summed E-state index contributed by atoms with van der Waals surface area (Å²) < 4.78 is 10.00. The molecule has 1 atom stereocenters. The van der Waals surface area contributed by atoms with Crippen molar-refractivity contribution in [2.24, 2.45) is 0 Å². The van der Waals surface area contributed by atoms with Gasteiger partial charge in [0.25, 0.3) is 0 Å². The molecule has 0 saturated carbocycles. The van der Waals surface area contributed by atoms with Gasteiger partial charge >= 0.3 is 0 Å². The van der Waals surface area contributed by atoms with Crippen LogP contribution in [0.25, 0.3) is 0 Å². The maximum absolute atomic E-state index is 5.03. The zero-order chi connectivity index (χ0) is 11.5. The van der Waals surface area contributed by atoms with E-state index in [9.17, 15) is 0 Å². The van der Waals surface area contributed by atoms with E-state index in [2.05, 4.69) is 24.2 Å². The fraction of sp³-hybridized carbons (Fsp3) is 1.00. The maximum atomic E-state index is 5.03. The van der Waals surface area contributed by atoms with Gasteiger partial charge in [0.05, 0.1) is 6.61 Å². The number of nitrogens with zero attached hydrogens (tertiary/aromatic N) is 1. The van der Waals surface area contributed by atoms with Gasteiger partial charge in [-0.05, 0) is 20.4 Å². The van der Waals surface area contributed by atoms with Crippen LogP contribution >= 0.6 is 0 Å². The van der Waals surface area contributed by atoms with E-state index in [4.69, 9.17) is 9.47 Å². The Bertz CT molecular complexity index is 134. The predicted octanol–water partition coefficient (Wildman–Crippen LogP) is 0.579. The third-order valence-corrected chi connectivity index (χ3v) is 2.53. The number of nitrogens with one attached hydrogen (secondary N) is 1. The highest BCUT2D eigenvalue weighted by atomic mass is 16.5. The van der Waals surface area contributed by atoms with Gasteiger partial charge in [-0.2, -0.15) is 0 Å². The van der Waals surface area contributed by atoms with Crippen molar-refractivity contribution >= 4 is 0 Å². The number of hydrogen-bond acceptors (Lipinski definition) is 4. The maximum Gasteiger partial charge on any atom is 0.0587 e. The molecule has 15 heavy (non-hydrogen) atoms. The van der Waals surface area contributed by atoms with E-state index in [1.807, 2.05) is 0 Å². The third-order valence-electron chi connectivity index (χ3n) is 2.53. The molecule has 92 valence electrons. The van der Waals surface area contributed by atoms with Crippen LogP contribution in [0.5, 0.6) is 0 Å². The van der Waals surface area contributed by atoms with Crippen LogP contribution in [-0.2, 0) is 9.47 Å². The smallest absolute Gasteiger partial charge is 0.0587 e. The standard InChI is InChI=1S/C11H26N2O2/c1-11(10-12-6-9-15-4)13(2)7-5-8-14-3/h11-12H,5-10H2,1-4H3. The summed E-state index contributed by atoms with van der Waals surface area (Å²) in [5, 5.41) is 3.36. The molecule has 0 aliphatic heterocycles. The van der Waals surface area contributed by atoms with Crippen molar-refractivity contribution in [1.82, 2.24) is 10.2 Å². The second-order valence-corrected chi connectivity index (χ2v) is 3.87. The highest BCUT2D eigenvalue weighted by Gasteiger charge is 2.07. The van der Waals surface area contributed by atoms with Crippen molar-refractivity contribution in [3.8, 4) is 0 Å². The molecule has 0 aromatic heterocycles. The molecule has 0 fully saturated rings. The van der Waals surface area contributed by atoms with Gasteiger partial charge in [-0.25, -0.2) is 0 Å². The number of hydrogen-bond donors (Lipinski definition) is 1. The Morgan fingerprint density at radius 2 is 1.87 bits per heavy atom. The second kappa shape index (κ2) is 10.4. The fourth-order valence-corrected chi connectivity index (χ4v) is 1.32. The van der Waals surface area contributed by atoms with E-state index in [1.54, 1.807) is 14.2 Å². The molecule has 4 nitrogen and oxygen atoms in total.